The third-order valence-corrected chi connectivity index (χ3v) is 6.36. The molecular weight excluding hydrogens is 240 g/mol. The van der Waals surface area contributed by atoms with Gasteiger partial charge in [0, 0.05) is 0 Å². The van der Waals surface area contributed by atoms with Crippen molar-refractivity contribution in [3.8, 4) is 0 Å². The van der Waals surface area contributed by atoms with Gasteiger partial charge in [0.15, 0.2) is 0 Å². The molecule has 0 atom stereocenters. The van der Waals surface area contributed by atoms with Crippen molar-refractivity contribution < 1.29 is 0 Å². The van der Waals surface area contributed by atoms with Crippen LogP contribution in [0, 0.1) is 23.7 Å². The molecule has 0 saturated heterocycles. The lowest BCUT2D eigenvalue weighted by Crippen LogP contribution is -2.25. The molecule has 118 valence electrons. The summed E-state index contributed by atoms with van der Waals surface area (Å²) in [5.74, 6) is 4.40. The minimum atomic E-state index is 1.08. The first kappa shape index (κ1) is 16.4. The number of hydrogen-bond acceptors (Lipinski definition) is 0. The SMILES string of the molecule is CCCCCC1CCC([C@H]2CC[C@H](CCC)CC2)CC1. The molecule has 0 aromatic heterocycles. The molecule has 0 unspecified atom stereocenters. The Labute approximate surface area is 128 Å². The van der Waals surface area contributed by atoms with Crippen molar-refractivity contribution in [1.82, 2.24) is 0 Å². The van der Waals surface area contributed by atoms with E-state index in [0.29, 0.717) is 0 Å². The van der Waals surface area contributed by atoms with Gasteiger partial charge in [-0.2, -0.15) is 0 Å². The Morgan fingerprint density at radius 3 is 1.50 bits per heavy atom. The number of hydrogen-bond donors (Lipinski definition) is 0. The molecule has 0 radical (unpaired) electrons. The van der Waals surface area contributed by atoms with Crippen LogP contribution in [-0.2, 0) is 0 Å². The molecule has 0 heterocycles. The predicted octanol–water partition coefficient (Wildman–Crippen LogP) is 6.98. The van der Waals surface area contributed by atoms with Gasteiger partial charge in [0.25, 0.3) is 0 Å². The second kappa shape index (κ2) is 9.11. The Kier molecular flexibility index (Phi) is 7.45. The van der Waals surface area contributed by atoms with Gasteiger partial charge < -0.3 is 0 Å². The molecule has 2 aliphatic carbocycles. The zero-order valence-corrected chi connectivity index (χ0v) is 14.2. The lowest BCUT2D eigenvalue weighted by molar-refractivity contribution is 0.140. The monoisotopic (exact) mass is 278 g/mol. The van der Waals surface area contributed by atoms with E-state index in [9.17, 15) is 0 Å². The summed E-state index contributed by atoms with van der Waals surface area (Å²) >= 11 is 0. The van der Waals surface area contributed by atoms with Crippen LogP contribution in [0.4, 0.5) is 0 Å². The van der Waals surface area contributed by atoms with E-state index in [0.717, 1.165) is 23.7 Å². The lowest BCUT2D eigenvalue weighted by Gasteiger charge is -2.38. The van der Waals surface area contributed by atoms with Gasteiger partial charge in [0.05, 0.1) is 0 Å². The summed E-state index contributed by atoms with van der Waals surface area (Å²) < 4.78 is 0. The van der Waals surface area contributed by atoms with Crippen LogP contribution in [0.5, 0.6) is 0 Å². The molecule has 0 spiro atoms. The Morgan fingerprint density at radius 1 is 0.550 bits per heavy atom. The van der Waals surface area contributed by atoms with E-state index < -0.39 is 0 Å². The van der Waals surface area contributed by atoms with Crippen LogP contribution in [0.15, 0.2) is 0 Å². The first-order valence-corrected chi connectivity index (χ1v) is 9.83. The fourth-order valence-corrected chi connectivity index (χ4v) is 4.99. The zero-order valence-electron chi connectivity index (χ0n) is 14.2. The molecule has 2 fully saturated rings. The van der Waals surface area contributed by atoms with Gasteiger partial charge >= 0.3 is 0 Å². The highest BCUT2D eigenvalue weighted by Crippen LogP contribution is 2.42. The summed E-state index contributed by atoms with van der Waals surface area (Å²) in [4.78, 5) is 0. The third kappa shape index (κ3) is 5.08. The van der Waals surface area contributed by atoms with Crippen LogP contribution < -0.4 is 0 Å². The Morgan fingerprint density at radius 2 is 1.05 bits per heavy atom. The molecule has 20 heavy (non-hydrogen) atoms. The molecule has 0 nitrogen and oxygen atoms in total. The van der Waals surface area contributed by atoms with Crippen LogP contribution in [0.25, 0.3) is 0 Å². The first-order valence-electron chi connectivity index (χ1n) is 9.83. The van der Waals surface area contributed by atoms with E-state index in [-0.39, 0.29) is 0 Å². The second-order valence-electron chi connectivity index (χ2n) is 7.85. The molecule has 0 aromatic rings. The molecule has 0 aromatic carbocycles. The summed E-state index contributed by atoms with van der Waals surface area (Å²) in [7, 11) is 0. The molecule has 0 heteroatoms. The summed E-state index contributed by atoms with van der Waals surface area (Å²) in [6, 6.07) is 0. The molecular formula is C20H38. The Hall–Kier alpha value is 0. The summed E-state index contributed by atoms with van der Waals surface area (Å²) in [6.45, 7) is 4.68. The highest BCUT2D eigenvalue weighted by Gasteiger charge is 2.30. The van der Waals surface area contributed by atoms with Crippen LogP contribution in [0.1, 0.15) is 104 Å². The molecule has 0 amide bonds. The molecule has 0 aliphatic heterocycles. The summed E-state index contributed by atoms with van der Waals surface area (Å²) in [5, 5.41) is 0. The summed E-state index contributed by atoms with van der Waals surface area (Å²) in [5.41, 5.74) is 0. The van der Waals surface area contributed by atoms with Crippen molar-refractivity contribution in [2.75, 3.05) is 0 Å². The molecule has 0 N–H and O–H groups in total. The first-order chi connectivity index (χ1) is 9.83. The van der Waals surface area contributed by atoms with Gasteiger partial charge in [-0.3, -0.25) is 0 Å². The van der Waals surface area contributed by atoms with Gasteiger partial charge in [-0.15, -0.1) is 0 Å². The fourth-order valence-electron chi connectivity index (χ4n) is 4.99. The van der Waals surface area contributed by atoms with E-state index in [2.05, 4.69) is 13.8 Å². The topological polar surface area (TPSA) is 0 Å². The van der Waals surface area contributed by atoms with Crippen molar-refractivity contribution >= 4 is 0 Å². The van der Waals surface area contributed by atoms with Gasteiger partial charge in [-0.05, 0) is 49.4 Å². The fraction of sp³-hybridized carbons (Fsp3) is 1.00. The van der Waals surface area contributed by atoms with Gasteiger partial charge in [-0.1, -0.05) is 78.1 Å². The van der Waals surface area contributed by atoms with Crippen molar-refractivity contribution in [1.29, 1.82) is 0 Å². The van der Waals surface area contributed by atoms with Crippen LogP contribution >= 0.6 is 0 Å². The number of rotatable bonds is 7. The van der Waals surface area contributed by atoms with E-state index in [1.807, 2.05) is 0 Å². The van der Waals surface area contributed by atoms with Gasteiger partial charge in [0.2, 0.25) is 0 Å². The predicted molar refractivity (Wildman–Crippen MR) is 89.9 cm³/mol. The maximum Gasteiger partial charge on any atom is -0.0386 e. The van der Waals surface area contributed by atoms with Crippen molar-refractivity contribution in [2.24, 2.45) is 23.7 Å². The standard InChI is InChI=1S/C20H38/c1-3-5-6-8-18-11-15-20(16-12-18)19-13-9-17(7-4-2)10-14-19/h17-20H,3-16H2,1-2H3/t17-,18?,19-,20?. The molecule has 2 rings (SSSR count). The van der Waals surface area contributed by atoms with Gasteiger partial charge in [0.1, 0.15) is 0 Å². The Balaban J connectivity index is 1.62. The zero-order chi connectivity index (χ0) is 14.2. The highest BCUT2D eigenvalue weighted by molar-refractivity contribution is 4.82. The van der Waals surface area contributed by atoms with E-state index in [1.165, 1.54) is 38.5 Å². The Bertz CT molecular complexity index is 228. The quantitative estimate of drug-likeness (QED) is 0.441. The maximum atomic E-state index is 2.35. The molecule has 2 saturated carbocycles. The van der Waals surface area contributed by atoms with Crippen LogP contribution in [0.2, 0.25) is 0 Å². The lowest BCUT2D eigenvalue weighted by atomic mass is 9.68. The smallest absolute Gasteiger partial charge is 0.0386 e. The highest BCUT2D eigenvalue weighted by atomic mass is 14.4. The third-order valence-electron chi connectivity index (χ3n) is 6.36. The average molecular weight is 279 g/mol. The van der Waals surface area contributed by atoms with E-state index in [1.54, 1.807) is 51.4 Å². The van der Waals surface area contributed by atoms with E-state index in [4.69, 9.17) is 0 Å². The van der Waals surface area contributed by atoms with Crippen LogP contribution in [0.3, 0.4) is 0 Å². The minimum Gasteiger partial charge on any atom is -0.0654 e. The molecule has 0 bridgehead atoms. The van der Waals surface area contributed by atoms with Gasteiger partial charge in [-0.25, -0.2) is 0 Å². The maximum absolute atomic E-state index is 2.35. The van der Waals surface area contributed by atoms with Crippen LogP contribution in [-0.4, -0.2) is 0 Å². The van der Waals surface area contributed by atoms with E-state index >= 15 is 0 Å². The largest absolute Gasteiger partial charge is 0.0654 e. The minimum absolute atomic E-state index is 1.08. The molecule has 2 aliphatic rings. The van der Waals surface area contributed by atoms with Crippen molar-refractivity contribution in [3.05, 3.63) is 0 Å². The number of unbranched alkanes of at least 4 members (excludes halogenated alkanes) is 2. The average Bonchev–Trinajstić information content (AvgIpc) is 2.49. The van der Waals surface area contributed by atoms with Crippen molar-refractivity contribution in [2.45, 2.75) is 104 Å². The van der Waals surface area contributed by atoms with Crippen molar-refractivity contribution in [3.63, 3.8) is 0 Å². The second-order valence-corrected chi connectivity index (χ2v) is 7.85. The summed E-state index contributed by atoms with van der Waals surface area (Å²) in [6.07, 6.45) is 21.3. The normalized spacial score (nSPS) is 35.1.